The quantitative estimate of drug-likeness (QED) is 0.437. The van der Waals surface area contributed by atoms with Gasteiger partial charge in [-0.3, -0.25) is 14.0 Å². The van der Waals surface area contributed by atoms with E-state index in [0.29, 0.717) is 12.6 Å². The summed E-state index contributed by atoms with van der Waals surface area (Å²) < 4.78 is 2.05. The molecule has 4 heterocycles. The lowest BCUT2D eigenvalue weighted by Gasteiger charge is -2.21. The van der Waals surface area contributed by atoms with Crippen molar-refractivity contribution >= 4 is 28.8 Å². The summed E-state index contributed by atoms with van der Waals surface area (Å²) in [4.78, 5) is 33.8. The van der Waals surface area contributed by atoms with Gasteiger partial charge in [0.05, 0.1) is 11.4 Å². The van der Waals surface area contributed by atoms with Crippen molar-refractivity contribution in [2.75, 3.05) is 32.5 Å². The first kappa shape index (κ1) is 23.2. The van der Waals surface area contributed by atoms with Crippen LogP contribution in [0.5, 0.6) is 0 Å². The molecule has 8 heteroatoms. The summed E-state index contributed by atoms with van der Waals surface area (Å²) in [5.74, 6) is 0.0784. The number of nitrogens with zero attached hydrogens (tertiary/aromatic N) is 4. The van der Waals surface area contributed by atoms with Gasteiger partial charge in [-0.15, -0.1) is 0 Å². The van der Waals surface area contributed by atoms with Crippen LogP contribution in [0.4, 0.5) is 11.4 Å². The Morgan fingerprint density at radius 3 is 2.78 bits per heavy atom. The molecule has 2 aromatic carbocycles. The van der Waals surface area contributed by atoms with Gasteiger partial charge in [0.1, 0.15) is 0 Å². The van der Waals surface area contributed by atoms with E-state index in [0.717, 1.165) is 70.0 Å². The maximum Gasteiger partial charge on any atom is 0.254 e. The van der Waals surface area contributed by atoms with E-state index < -0.39 is 0 Å². The molecular weight excluding hydrogens is 464 g/mol. The van der Waals surface area contributed by atoms with Gasteiger partial charge in [-0.25, -0.2) is 4.98 Å². The molecule has 2 aliphatic heterocycles. The Kier molecular flexibility index (Phi) is 5.68. The van der Waals surface area contributed by atoms with E-state index >= 15 is 0 Å². The van der Waals surface area contributed by atoms with Gasteiger partial charge in [0, 0.05) is 54.9 Å². The van der Waals surface area contributed by atoms with Crippen LogP contribution in [0.15, 0.2) is 60.9 Å². The highest BCUT2D eigenvalue weighted by Gasteiger charge is 2.28. The average molecular weight is 495 g/mol. The number of amides is 2. The summed E-state index contributed by atoms with van der Waals surface area (Å²) in [6.07, 6.45) is 4.73. The van der Waals surface area contributed by atoms with Crippen LogP contribution in [-0.2, 0) is 6.54 Å². The number of aromatic nitrogens is 2. The molecule has 1 fully saturated rings. The number of likely N-dealkylation sites (N-methyl/N-ethyl adjacent to an activating group) is 1. The van der Waals surface area contributed by atoms with E-state index in [1.165, 1.54) is 0 Å². The number of fused-ring (bicyclic) bond motifs is 2. The Hall–Kier alpha value is -4.17. The minimum atomic E-state index is -0.0184. The van der Waals surface area contributed by atoms with Crippen molar-refractivity contribution in [2.24, 2.45) is 0 Å². The third-order valence-electron chi connectivity index (χ3n) is 7.55. The number of rotatable bonds is 5. The second-order valence-electron chi connectivity index (χ2n) is 10.1. The molecule has 8 nitrogen and oxygen atoms in total. The van der Waals surface area contributed by atoms with Gasteiger partial charge in [0.15, 0.2) is 5.65 Å². The molecule has 2 N–H and O–H groups in total. The van der Waals surface area contributed by atoms with E-state index in [4.69, 9.17) is 0 Å². The van der Waals surface area contributed by atoms with Gasteiger partial charge >= 0.3 is 0 Å². The zero-order chi connectivity index (χ0) is 25.7. The fourth-order valence-electron chi connectivity index (χ4n) is 5.39. The first-order valence-corrected chi connectivity index (χ1v) is 12.6. The van der Waals surface area contributed by atoms with Gasteiger partial charge in [-0.05, 0) is 86.6 Å². The Balaban J connectivity index is 1.25. The molecule has 0 radical (unpaired) electrons. The number of nitrogens with one attached hydrogen (secondary N) is 2. The third kappa shape index (κ3) is 4.13. The van der Waals surface area contributed by atoms with Crippen LogP contribution < -0.4 is 10.6 Å². The summed E-state index contributed by atoms with van der Waals surface area (Å²) in [7, 11) is 4.14. The molecule has 6 rings (SSSR count). The number of likely N-dealkylation sites (tertiary alicyclic amines) is 1. The van der Waals surface area contributed by atoms with Gasteiger partial charge in [0.25, 0.3) is 11.8 Å². The number of imidazole rings is 1. The fourth-order valence-corrected chi connectivity index (χ4v) is 5.39. The number of pyridine rings is 1. The topological polar surface area (TPSA) is 82.0 Å². The van der Waals surface area contributed by atoms with Crippen molar-refractivity contribution in [3.8, 4) is 11.3 Å². The maximum atomic E-state index is 13.2. The first-order chi connectivity index (χ1) is 17.9. The fraction of sp³-hybridized carbons (Fsp3) is 0.276. The minimum absolute atomic E-state index is 0.0184. The van der Waals surface area contributed by atoms with E-state index in [-0.39, 0.29) is 11.8 Å². The monoisotopic (exact) mass is 494 g/mol. The summed E-state index contributed by atoms with van der Waals surface area (Å²) in [5.41, 5.74) is 8.05. The van der Waals surface area contributed by atoms with E-state index in [1.807, 2.05) is 58.8 Å². The Morgan fingerprint density at radius 1 is 1.14 bits per heavy atom. The predicted octanol–water partition coefficient (Wildman–Crippen LogP) is 4.07. The van der Waals surface area contributed by atoms with Crippen LogP contribution in [0.2, 0.25) is 0 Å². The standard InChI is InChI=1S/C29H30N6O2/c1-18-14-21(5-7-23(18)29(37)34-12-10-22(17-34)33(2)3)32-25-8-9-26(35-13-11-30-27(25)35)19-4-6-24-20(15-19)16-31-28(24)36/h4-9,11,13-15,22,32H,10,12,16-17H2,1-3H3,(H,31,36). The number of carbonyl (C=O) groups is 2. The first-order valence-electron chi connectivity index (χ1n) is 12.6. The summed E-state index contributed by atoms with van der Waals surface area (Å²) >= 11 is 0. The highest BCUT2D eigenvalue weighted by atomic mass is 16.2. The van der Waals surface area contributed by atoms with Crippen molar-refractivity contribution in [3.63, 3.8) is 0 Å². The zero-order valence-corrected chi connectivity index (χ0v) is 21.3. The van der Waals surface area contributed by atoms with Crippen molar-refractivity contribution < 1.29 is 9.59 Å². The van der Waals surface area contributed by atoms with Crippen LogP contribution in [-0.4, -0.2) is 64.2 Å². The second kappa shape index (κ2) is 9.05. The molecule has 0 aliphatic carbocycles. The van der Waals surface area contributed by atoms with Gasteiger partial charge < -0.3 is 20.4 Å². The lowest BCUT2D eigenvalue weighted by molar-refractivity contribution is 0.0782. The number of carbonyl (C=O) groups excluding carboxylic acids is 2. The Morgan fingerprint density at radius 2 is 2.00 bits per heavy atom. The molecule has 0 saturated carbocycles. The second-order valence-corrected chi connectivity index (χ2v) is 10.1. The smallest absolute Gasteiger partial charge is 0.254 e. The largest absolute Gasteiger partial charge is 0.352 e. The van der Waals surface area contributed by atoms with Crippen LogP contribution in [0.1, 0.15) is 38.3 Å². The number of hydrogen-bond donors (Lipinski definition) is 2. The summed E-state index contributed by atoms with van der Waals surface area (Å²) in [5, 5.41) is 6.36. The number of aryl methyl sites for hydroxylation is 1. The van der Waals surface area contributed by atoms with Crippen molar-refractivity contribution in [2.45, 2.75) is 25.9 Å². The molecule has 188 valence electrons. The maximum absolute atomic E-state index is 13.2. The molecule has 2 aliphatic rings. The summed E-state index contributed by atoms with van der Waals surface area (Å²) in [6, 6.07) is 16.3. The minimum Gasteiger partial charge on any atom is -0.352 e. The average Bonchev–Trinajstić information content (AvgIpc) is 3.64. The molecule has 1 saturated heterocycles. The van der Waals surface area contributed by atoms with Gasteiger partial charge in [0.2, 0.25) is 0 Å². The lowest BCUT2D eigenvalue weighted by Crippen LogP contribution is -2.34. The van der Waals surface area contributed by atoms with Crippen molar-refractivity contribution in [1.29, 1.82) is 0 Å². The van der Waals surface area contributed by atoms with Crippen LogP contribution in [0.3, 0.4) is 0 Å². The molecule has 37 heavy (non-hydrogen) atoms. The van der Waals surface area contributed by atoms with Gasteiger partial charge in [-0.1, -0.05) is 6.07 Å². The van der Waals surface area contributed by atoms with Crippen LogP contribution >= 0.6 is 0 Å². The Bertz CT molecular complexity index is 1540. The number of hydrogen-bond acceptors (Lipinski definition) is 5. The molecule has 1 atom stereocenters. The molecule has 0 bridgehead atoms. The van der Waals surface area contributed by atoms with E-state index in [1.54, 1.807) is 6.20 Å². The number of anilines is 2. The SMILES string of the molecule is Cc1cc(Nc2ccc(-c3ccc4c(c3)CNC4=O)n3ccnc23)ccc1C(=O)N1CCC(N(C)C)C1. The van der Waals surface area contributed by atoms with E-state index in [2.05, 4.69) is 46.7 Å². The molecular formula is C29H30N6O2. The predicted molar refractivity (Wildman–Crippen MR) is 144 cm³/mol. The Labute approximate surface area is 215 Å². The van der Waals surface area contributed by atoms with Gasteiger partial charge in [-0.2, -0.15) is 0 Å². The van der Waals surface area contributed by atoms with Crippen molar-refractivity contribution in [3.05, 3.63) is 83.2 Å². The zero-order valence-electron chi connectivity index (χ0n) is 21.3. The molecule has 2 aromatic heterocycles. The summed E-state index contributed by atoms with van der Waals surface area (Å²) in [6.45, 7) is 4.11. The molecule has 4 aromatic rings. The molecule has 1 unspecified atom stereocenters. The molecule has 0 spiro atoms. The normalized spacial score (nSPS) is 16.9. The van der Waals surface area contributed by atoms with Crippen LogP contribution in [0, 0.1) is 6.92 Å². The molecule has 2 amide bonds. The lowest BCUT2D eigenvalue weighted by atomic mass is 10.0. The highest BCUT2D eigenvalue weighted by Crippen LogP contribution is 2.30. The highest BCUT2D eigenvalue weighted by molar-refractivity contribution is 5.99. The van der Waals surface area contributed by atoms with E-state index in [9.17, 15) is 9.59 Å². The number of benzene rings is 2. The van der Waals surface area contributed by atoms with Crippen molar-refractivity contribution in [1.82, 2.24) is 24.5 Å². The van der Waals surface area contributed by atoms with Crippen LogP contribution in [0.25, 0.3) is 16.9 Å². The third-order valence-corrected chi connectivity index (χ3v) is 7.55.